The van der Waals surface area contributed by atoms with Crippen molar-refractivity contribution in [1.82, 2.24) is 4.40 Å². The summed E-state index contributed by atoms with van der Waals surface area (Å²) in [7, 11) is 0. The predicted octanol–water partition coefficient (Wildman–Crippen LogP) is 1.52. The summed E-state index contributed by atoms with van der Waals surface area (Å²) in [4.78, 5) is 0.432. The number of pyridine rings is 1. The SMILES string of the molecule is O=S(O)c1ccn2cccc2c1. The van der Waals surface area contributed by atoms with Crippen LogP contribution in [-0.4, -0.2) is 13.2 Å². The Kier molecular flexibility index (Phi) is 1.71. The molecule has 3 nitrogen and oxygen atoms in total. The van der Waals surface area contributed by atoms with Crippen LogP contribution in [0.1, 0.15) is 0 Å². The highest BCUT2D eigenvalue weighted by molar-refractivity contribution is 7.79. The second-order valence-corrected chi connectivity index (χ2v) is 3.42. The summed E-state index contributed by atoms with van der Waals surface area (Å²) in [6.45, 7) is 0. The Morgan fingerprint density at radius 1 is 1.33 bits per heavy atom. The first kappa shape index (κ1) is 7.52. The second-order valence-electron chi connectivity index (χ2n) is 2.45. The molecule has 2 rings (SSSR count). The highest BCUT2D eigenvalue weighted by Gasteiger charge is 1.99. The Morgan fingerprint density at radius 3 is 2.92 bits per heavy atom. The van der Waals surface area contributed by atoms with Crippen molar-refractivity contribution in [2.45, 2.75) is 4.90 Å². The molecule has 0 radical (unpaired) electrons. The van der Waals surface area contributed by atoms with Gasteiger partial charge in [-0.15, -0.1) is 0 Å². The molecule has 0 bridgehead atoms. The van der Waals surface area contributed by atoms with Crippen LogP contribution in [0.15, 0.2) is 41.6 Å². The van der Waals surface area contributed by atoms with E-state index in [1.165, 1.54) is 0 Å². The fourth-order valence-electron chi connectivity index (χ4n) is 1.12. The number of hydrogen-bond donors (Lipinski definition) is 1. The molecular weight excluding hydrogens is 174 g/mol. The van der Waals surface area contributed by atoms with E-state index >= 15 is 0 Å². The van der Waals surface area contributed by atoms with Crippen molar-refractivity contribution in [3.8, 4) is 0 Å². The normalized spacial score (nSPS) is 13.4. The lowest BCUT2D eigenvalue weighted by molar-refractivity contribution is 0.564. The maximum absolute atomic E-state index is 10.7. The zero-order valence-electron chi connectivity index (χ0n) is 6.18. The summed E-state index contributed by atoms with van der Waals surface area (Å²) in [5.41, 5.74) is 0.926. The second kappa shape index (κ2) is 2.73. The van der Waals surface area contributed by atoms with Crippen molar-refractivity contribution in [3.63, 3.8) is 0 Å². The minimum atomic E-state index is -1.88. The van der Waals surface area contributed by atoms with Gasteiger partial charge in [-0.2, -0.15) is 0 Å². The Balaban J connectivity index is 2.68. The fraction of sp³-hybridized carbons (Fsp3) is 0. The van der Waals surface area contributed by atoms with Gasteiger partial charge in [0.05, 0.1) is 4.90 Å². The molecule has 1 N–H and O–H groups in total. The maximum atomic E-state index is 10.7. The van der Waals surface area contributed by atoms with E-state index in [0.29, 0.717) is 4.90 Å². The molecule has 0 fully saturated rings. The van der Waals surface area contributed by atoms with Gasteiger partial charge in [0.25, 0.3) is 0 Å². The molecule has 0 aliphatic carbocycles. The molecule has 0 aromatic carbocycles. The summed E-state index contributed by atoms with van der Waals surface area (Å²) in [5, 5.41) is 0. The molecule has 1 unspecified atom stereocenters. The lowest BCUT2D eigenvalue weighted by Crippen LogP contribution is -1.89. The summed E-state index contributed by atoms with van der Waals surface area (Å²) >= 11 is -1.88. The third kappa shape index (κ3) is 1.15. The quantitative estimate of drug-likeness (QED) is 0.678. The van der Waals surface area contributed by atoms with Crippen LogP contribution in [0.3, 0.4) is 0 Å². The van der Waals surface area contributed by atoms with Crippen molar-refractivity contribution < 1.29 is 8.76 Å². The number of aromatic nitrogens is 1. The standard InChI is InChI=1S/C8H7NO2S/c10-12(11)8-3-5-9-4-1-2-7(9)6-8/h1-6H,(H,10,11). The van der Waals surface area contributed by atoms with Crippen LogP contribution in [0.2, 0.25) is 0 Å². The average molecular weight is 181 g/mol. The maximum Gasteiger partial charge on any atom is 0.186 e. The molecule has 4 heteroatoms. The number of fused-ring (bicyclic) bond motifs is 1. The van der Waals surface area contributed by atoms with E-state index in [1.54, 1.807) is 18.3 Å². The van der Waals surface area contributed by atoms with Crippen molar-refractivity contribution in [2.24, 2.45) is 0 Å². The molecule has 0 aliphatic heterocycles. The van der Waals surface area contributed by atoms with Gasteiger partial charge in [0, 0.05) is 17.9 Å². The van der Waals surface area contributed by atoms with E-state index in [0.717, 1.165) is 5.52 Å². The zero-order chi connectivity index (χ0) is 8.55. The largest absolute Gasteiger partial charge is 0.324 e. The van der Waals surface area contributed by atoms with Crippen LogP contribution >= 0.6 is 0 Å². The number of hydrogen-bond acceptors (Lipinski definition) is 1. The van der Waals surface area contributed by atoms with E-state index in [2.05, 4.69) is 0 Å². The van der Waals surface area contributed by atoms with Gasteiger partial charge in [0.1, 0.15) is 0 Å². The molecule has 12 heavy (non-hydrogen) atoms. The van der Waals surface area contributed by atoms with E-state index in [1.807, 2.05) is 22.7 Å². The monoisotopic (exact) mass is 181 g/mol. The molecule has 2 heterocycles. The lowest BCUT2D eigenvalue weighted by atomic mass is 10.4. The Labute approximate surface area is 71.9 Å². The van der Waals surface area contributed by atoms with Gasteiger partial charge < -0.3 is 8.95 Å². The minimum Gasteiger partial charge on any atom is -0.324 e. The first-order valence-corrected chi connectivity index (χ1v) is 4.55. The smallest absolute Gasteiger partial charge is 0.186 e. The Hall–Kier alpha value is -1.13. The first-order chi connectivity index (χ1) is 5.77. The summed E-state index contributed by atoms with van der Waals surface area (Å²) in [6.07, 6.45) is 3.65. The van der Waals surface area contributed by atoms with Crippen molar-refractivity contribution in [1.29, 1.82) is 0 Å². The van der Waals surface area contributed by atoms with Gasteiger partial charge in [0.15, 0.2) is 11.1 Å². The van der Waals surface area contributed by atoms with E-state index in [-0.39, 0.29) is 0 Å². The van der Waals surface area contributed by atoms with Gasteiger partial charge >= 0.3 is 0 Å². The first-order valence-electron chi connectivity index (χ1n) is 3.45. The molecule has 0 amide bonds. The van der Waals surface area contributed by atoms with E-state index in [4.69, 9.17) is 4.55 Å². The molecular formula is C8H7NO2S. The van der Waals surface area contributed by atoms with Crippen LogP contribution in [0.5, 0.6) is 0 Å². The highest BCUT2D eigenvalue weighted by Crippen LogP contribution is 2.10. The van der Waals surface area contributed by atoms with Crippen LogP contribution in [-0.2, 0) is 11.1 Å². The summed E-state index contributed by atoms with van der Waals surface area (Å²) in [5.74, 6) is 0. The molecule has 0 saturated heterocycles. The Bertz CT molecular complexity index is 435. The van der Waals surface area contributed by atoms with E-state index in [9.17, 15) is 4.21 Å². The van der Waals surface area contributed by atoms with Gasteiger partial charge in [-0.3, -0.25) is 0 Å². The van der Waals surface area contributed by atoms with Crippen molar-refractivity contribution >= 4 is 16.6 Å². The third-order valence-electron chi connectivity index (χ3n) is 1.70. The molecule has 0 spiro atoms. The lowest BCUT2D eigenvalue weighted by Gasteiger charge is -1.96. The van der Waals surface area contributed by atoms with Gasteiger partial charge in [-0.05, 0) is 24.3 Å². The number of nitrogens with zero attached hydrogens (tertiary/aromatic N) is 1. The van der Waals surface area contributed by atoms with E-state index < -0.39 is 11.1 Å². The van der Waals surface area contributed by atoms with Crippen molar-refractivity contribution in [2.75, 3.05) is 0 Å². The highest BCUT2D eigenvalue weighted by atomic mass is 32.2. The molecule has 2 aromatic heterocycles. The zero-order valence-corrected chi connectivity index (χ0v) is 6.99. The van der Waals surface area contributed by atoms with Gasteiger partial charge in [-0.25, -0.2) is 4.21 Å². The molecule has 62 valence electrons. The molecule has 0 saturated carbocycles. The van der Waals surface area contributed by atoms with Crippen LogP contribution < -0.4 is 0 Å². The molecule has 1 atom stereocenters. The molecule has 2 aromatic rings. The number of rotatable bonds is 1. The predicted molar refractivity (Wildman–Crippen MR) is 46.4 cm³/mol. The summed E-state index contributed by atoms with van der Waals surface area (Å²) < 4.78 is 21.3. The molecule has 0 aliphatic rings. The summed E-state index contributed by atoms with van der Waals surface area (Å²) in [6, 6.07) is 7.09. The van der Waals surface area contributed by atoms with Gasteiger partial charge in [0.2, 0.25) is 0 Å². The third-order valence-corrected chi connectivity index (χ3v) is 2.36. The Morgan fingerprint density at radius 2 is 2.17 bits per heavy atom. The average Bonchev–Trinajstić information content (AvgIpc) is 2.49. The van der Waals surface area contributed by atoms with Gasteiger partial charge in [-0.1, -0.05) is 0 Å². The van der Waals surface area contributed by atoms with Crippen LogP contribution in [0.25, 0.3) is 5.52 Å². The minimum absolute atomic E-state index is 0.432. The van der Waals surface area contributed by atoms with Crippen LogP contribution in [0, 0.1) is 0 Å². The van der Waals surface area contributed by atoms with Crippen molar-refractivity contribution in [3.05, 3.63) is 36.7 Å². The van der Waals surface area contributed by atoms with Crippen LogP contribution in [0.4, 0.5) is 0 Å². The fourth-order valence-corrected chi connectivity index (χ4v) is 1.52. The topological polar surface area (TPSA) is 41.7 Å².